The van der Waals surface area contributed by atoms with Crippen LogP contribution >= 0.6 is 11.6 Å². The van der Waals surface area contributed by atoms with E-state index in [1.54, 1.807) is 31.2 Å². The Morgan fingerprint density at radius 1 is 0.806 bits per heavy atom. The van der Waals surface area contributed by atoms with E-state index in [1.165, 1.54) is 24.3 Å². The van der Waals surface area contributed by atoms with Crippen LogP contribution in [0.25, 0.3) is 22.0 Å². The summed E-state index contributed by atoms with van der Waals surface area (Å²) in [7, 11) is -3.90. The first-order chi connectivity index (χ1) is 17.3. The van der Waals surface area contributed by atoms with Crippen molar-refractivity contribution < 1.29 is 13.5 Å². The Morgan fingerprint density at radius 2 is 1.56 bits per heavy atom. The third-order valence-corrected chi connectivity index (χ3v) is 7.40. The molecule has 0 aliphatic rings. The highest BCUT2D eigenvalue weighted by Gasteiger charge is 2.20. The van der Waals surface area contributed by atoms with Crippen molar-refractivity contribution in [1.29, 1.82) is 0 Å². The number of rotatable bonds is 6. The third kappa shape index (κ3) is 4.82. The molecule has 1 heterocycles. The summed E-state index contributed by atoms with van der Waals surface area (Å²) in [4.78, 5) is 0.125. The SMILES string of the molecule is Cc1ccc(-c2nnc(Nc3cccc(Cl)c3)c3ccccc23)cc1S(=O)(=O)Nc1ccc(O)cc1. The van der Waals surface area contributed by atoms with E-state index in [1.807, 2.05) is 42.5 Å². The van der Waals surface area contributed by atoms with Gasteiger partial charge < -0.3 is 10.4 Å². The molecule has 180 valence electrons. The van der Waals surface area contributed by atoms with Crippen molar-refractivity contribution in [2.75, 3.05) is 10.0 Å². The Balaban J connectivity index is 1.56. The fraction of sp³-hybridized carbons (Fsp3) is 0.0370. The number of hydrogen-bond acceptors (Lipinski definition) is 6. The molecule has 0 aliphatic heterocycles. The quantitative estimate of drug-likeness (QED) is 0.222. The van der Waals surface area contributed by atoms with E-state index in [4.69, 9.17) is 11.6 Å². The molecular formula is C27H21ClN4O3S. The summed E-state index contributed by atoms with van der Waals surface area (Å²) in [5.74, 6) is 0.612. The molecule has 36 heavy (non-hydrogen) atoms. The zero-order chi connectivity index (χ0) is 25.3. The van der Waals surface area contributed by atoms with Crippen molar-refractivity contribution in [2.45, 2.75) is 11.8 Å². The number of nitrogens with zero attached hydrogens (tertiary/aromatic N) is 2. The number of hydrogen-bond donors (Lipinski definition) is 3. The van der Waals surface area contributed by atoms with E-state index in [0.717, 1.165) is 16.5 Å². The van der Waals surface area contributed by atoms with Crippen LogP contribution in [-0.2, 0) is 10.0 Å². The number of aromatic nitrogens is 2. The monoisotopic (exact) mass is 516 g/mol. The highest BCUT2D eigenvalue weighted by atomic mass is 35.5. The summed E-state index contributed by atoms with van der Waals surface area (Å²) < 4.78 is 29.0. The normalized spacial score (nSPS) is 11.4. The average molecular weight is 517 g/mol. The lowest BCUT2D eigenvalue weighted by molar-refractivity contribution is 0.475. The van der Waals surface area contributed by atoms with Crippen LogP contribution < -0.4 is 10.0 Å². The number of aryl methyl sites for hydroxylation is 1. The molecule has 0 bridgehead atoms. The van der Waals surface area contributed by atoms with Gasteiger partial charge in [-0.2, -0.15) is 0 Å². The van der Waals surface area contributed by atoms with Crippen LogP contribution in [0.3, 0.4) is 0 Å². The minimum Gasteiger partial charge on any atom is -0.508 e. The zero-order valence-electron chi connectivity index (χ0n) is 19.1. The van der Waals surface area contributed by atoms with Crippen LogP contribution in [0.2, 0.25) is 5.02 Å². The number of aromatic hydroxyl groups is 1. The first-order valence-electron chi connectivity index (χ1n) is 11.0. The molecular weight excluding hydrogens is 496 g/mol. The summed E-state index contributed by atoms with van der Waals surface area (Å²) in [5, 5.41) is 23.8. The van der Waals surface area contributed by atoms with Crippen molar-refractivity contribution in [3.8, 4) is 17.0 Å². The van der Waals surface area contributed by atoms with Crippen molar-refractivity contribution in [3.63, 3.8) is 0 Å². The molecule has 3 N–H and O–H groups in total. The highest BCUT2D eigenvalue weighted by Crippen LogP contribution is 2.33. The van der Waals surface area contributed by atoms with Gasteiger partial charge in [0.25, 0.3) is 10.0 Å². The summed E-state index contributed by atoms with van der Waals surface area (Å²) in [6.45, 7) is 1.73. The Morgan fingerprint density at radius 3 is 2.31 bits per heavy atom. The highest BCUT2D eigenvalue weighted by molar-refractivity contribution is 7.92. The predicted molar refractivity (Wildman–Crippen MR) is 143 cm³/mol. The molecule has 0 amide bonds. The van der Waals surface area contributed by atoms with Crippen molar-refractivity contribution in [3.05, 3.63) is 102 Å². The van der Waals surface area contributed by atoms with Crippen LogP contribution in [0.15, 0.2) is 95.9 Å². The lowest BCUT2D eigenvalue weighted by Gasteiger charge is -2.14. The summed E-state index contributed by atoms with van der Waals surface area (Å²) >= 11 is 6.12. The Labute approximate surface area is 213 Å². The van der Waals surface area contributed by atoms with Crippen molar-refractivity contribution >= 4 is 49.6 Å². The molecule has 0 fully saturated rings. The lowest BCUT2D eigenvalue weighted by Crippen LogP contribution is -2.14. The smallest absolute Gasteiger partial charge is 0.262 e. The van der Waals surface area contributed by atoms with Gasteiger partial charge in [-0.25, -0.2) is 8.42 Å². The maximum Gasteiger partial charge on any atom is 0.262 e. The number of benzene rings is 4. The number of phenolic OH excluding ortho intramolecular Hbond substituents is 1. The maximum atomic E-state index is 13.2. The molecule has 1 aromatic heterocycles. The summed E-state index contributed by atoms with van der Waals surface area (Å²) in [5.41, 5.74) is 2.88. The van der Waals surface area contributed by atoms with Gasteiger partial charge in [0.2, 0.25) is 0 Å². The Hall–Kier alpha value is -4.14. The molecule has 9 heteroatoms. The topological polar surface area (TPSA) is 104 Å². The van der Waals surface area contributed by atoms with Gasteiger partial charge in [-0.05, 0) is 61.0 Å². The molecule has 5 rings (SSSR count). The molecule has 0 unspecified atom stereocenters. The molecule has 0 aliphatic carbocycles. The first-order valence-corrected chi connectivity index (χ1v) is 12.9. The molecule has 0 saturated heterocycles. The zero-order valence-corrected chi connectivity index (χ0v) is 20.7. The number of phenols is 1. The van der Waals surface area contributed by atoms with Gasteiger partial charge in [0.05, 0.1) is 4.90 Å². The molecule has 4 aromatic carbocycles. The van der Waals surface area contributed by atoms with Crippen molar-refractivity contribution in [2.24, 2.45) is 0 Å². The van der Waals surface area contributed by atoms with Crippen molar-refractivity contribution in [1.82, 2.24) is 10.2 Å². The number of nitrogens with one attached hydrogen (secondary N) is 2. The second kappa shape index (κ2) is 9.49. The number of fused-ring (bicyclic) bond motifs is 1. The van der Waals surface area contributed by atoms with Gasteiger partial charge in [0.15, 0.2) is 5.82 Å². The third-order valence-electron chi connectivity index (χ3n) is 5.65. The summed E-state index contributed by atoms with van der Waals surface area (Å²) in [6, 6.07) is 26.0. The largest absolute Gasteiger partial charge is 0.508 e. The van der Waals surface area contributed by atoms with E-state index < -0.39 is 10.0 Å². The first kappa shape index (κ1) is 23.6. The van der Waals surface area contributed by atoms with Crippen LogP contribution in [0.1, 0.15) is 5.56 Å². The number of halogens is 1. The number of anilines is 3. The van der Waals surface area contributed by atoms with E-state index in [2.05, 4.69) is 20.2 Å². The van der Waals surface area contributed by atoms with Crippen LogP contribution in [0.5, 0.6) is 5.75 Å². The average Bonchev–Trinajstić information content (AvgIpc) is 2.86. The van der Waals surface area contributed by atoms with Gasteiger partial charge in [-0.3, -0.25) is 4.72 Å². The predicted octanol–water partition coefficient (Wildman–Crippen LogP) is 6.51. The molecule has 5 aromatic rings. The molecule has 0 radical (unpaired) electrons. The molecule has 0 saturated carbocycles. The molecule has 0 atom stereocenters. The summed E-state index contributed by atoms with van der Waals surface area (Å²) in [6.07, 6.45) is 0. The van der Waals surface area contributed by atoms with Gasteiger partial charge in [0.1, 0.15) is 11.4 Å². The molecule has 0 spiro atoms. The van der Waals surface area contributed by atoms with Crippen LogP contribution in [0.4, 0.5) is 17.2 Å². The van der Waals surface area contributed by atoms with Gasteiger partial charge in [0, 0.05) is 32.7 Å². The standard InChI is InChI=1S/C27H21ClN4O3S/c1-17-9-10-18(15-25(17)36(34,35)32-20-11-13-22(33)14-12-20)26-23-7-2-3-8-24(23)27(31-30-26)29-21-6-4-5-19(28)16-21/h2-16,32-33H,1H3,(H,29,31). The Kier molecular flexibility index (Phi) is 6.22. The van der Waals surface area contributed by atoms with E-state index in [-0.39, 0.29) is 10.6 Å². The minimum absolute atomic E-state index is 0.0508. The second-order valence-corrected chi connectivity index (χ2v) is 10.3. The van der Waals surface area contributed by atoms with Crippen LogP contribution in [0, 0.1) is 6.92 Å². The van der Waals surface area contributed by atoms with E-state index in [0.29, 0.717) is 33.3 Å². The van der Waals surface area contributed by atoms with E-state index in [9.17, 15) is 13.5 Å². The maximum absolute atomic E-state index is 13.2. The second-order valence-electron chi connectivity index (χ2n) is 8.21. The van der Waals surface area contributed by atoms with Gasteiger partial charge in [-0.15, -0.1) is 10.2 Å². The van der Waals surface area contributed by atoms with E-state index >= 15 is 0 Å². The lowest BCUT2D eigenvalue weighted by atomic mass is 10.0. The van der Waals surface area contributed by atoms with Gasteiger partial charge >= 0.3 is 0 Å². The molecule has 7 nitrogen and oxygen atoms in total. The minimum atomic E-state index is -3.90. The number of sulfonamides is 1. The fourth-order valence-corrected chi connectivity index (χ4v) is 5.41. The Bertz CT molecular complexity index is 1690. The van der Waals surface area contributed by atoms with Gasteiger partial charge in [-0.1, -0.05) is 54.1 Å². The van der Waals surface area contributed by atoms with Crippen LogP contribution in [-0.4, -0.2) is 23.7 Å². The fourth-order valence-electron chi connectivity index (χ4n) is 3.89.